The van der Waals surface area contributed by atoms with Gasteiger partial charge in [-0.25, -0.2) is 4.39 Å². The summed E-state index contributed by atoms with van der Waals surface area (Å²) in [5.41, 5.74) is 0.182. The topological polar surface area (TPSA) is 54.4 Å². The monoisotopic (exact) mass is 244 g/mol. The van der Waals surface area contributed by atoms with Gasteiger partial charge < -0.3 is 5.11 Å². The first-order valence-electron chi connectivity index (χ1n) is 4.57. The maximum absolute atomic E-state index is 13.5. The van der Waals surface area contributed by atoms with Gasteiger partial charge in [-0.3, -0.25) is 9.59 Å². The van der Waals surface area contributed by atoms with E-state index < -0.39 is 22.9 Å². The van der Waals surface area contributed by atoms with Gasteiger partial charge in [0.2, 0.25) is 0 Å². The lowest BCUT2D eigenvalue weighted by Gasteiger charge is -2.12. The SMILES string of the molecule is CC(=O)C(Cl)c1c(F)cccc1CC(=O)O. The Balaban J connectivity index is 3.22. The van der Waals surface area contributed by atoms with Crippen molar-refractivity contribution in [3.05, 3.63) is 35.1 Å². The van der Waals surface area contributed by atoms with Crippen LogP contribution in [0.5, 0.6) is 0 Å². The number of carbonyl (C=O) groups is 2. The number of hydrogen-bond donors (Lipinski definition) is 1. The van der Waals surface area contributed by atoms with Gasteiger partial charge in [0.15, 0.2) is 5.78 Å². The molecule has 0 spiro atoms. The average Bonchev–Trinajstić information content (AvgIpc) is 2.16. The molecule has 1 unspecified atom stereocenters. The van der Waals surface area contributed by atoms with Crippen LogP contribution in [0.4, 0.5) is 4.39 Å². The summed E-state index contributed by atoms with van der Waals surface area (Å²) in [6, 6.07) is 3.99. The second-order valence-corrected chi connectivity index (χ2v) is 3.79. The van der Waals surface area contributed by atoms with E-state index in [2.05, 4.69) is 0 Å². The smallest absolute Gasteiger partial charge is 0.307 e. The molecule has 0 heterocycles. The maximum Gasteiger partial charge on any atom is 0.307 e. The third-order valence-electron chi connectivity index (χ3n) is 2.10. The van der Waals surface area contributed by atoms with Gasteiger partial charge in [-0.2, -0.15) is 0 Å². The molecule has 1 aromatic rings. The normalized spacial score (nSPS) is 12.2. The minimum atomic E-state index is -1.14. The quantitative estimate of drug-likeness (QED) is 0.827. The van der Waals surface area contributed by atoms with Crippen LogP contribution >= 0.6 is 11.6 Å². The second-order valence-electron chi connectivity index (χ2n) is 3.36. The zero-order valence-corrected chi connectivity index (χ0v) is 9.29. The van der Waals surface area contributed by atoms with Crippen molar-refractivity contribution in [2.24, 2.45) is 0 Å². The van der Waals surface area contributed by atoms with Crippen molar-refractivity contribution in [2.75, 3.05) is 0 Å². The van der Waals surface area contributed by atoms with Crippen LogP contribution < -0.4 is 0 Å². The molecule has 1 aromatic carbocycles. The first-order valence-corrected chi connectivity index (χ1v) is 5.00. The molecular formula is C11H10ClFO3. The first kappa shape index (κ1) is 12.6. The van der Waals surface area contributed by atoms with Gasteiger partial charge in [-0.15, -0.1) is 11.6 Å². The molecule has 1 N–H and O–H groups in total. The Hall–Kier alpha value is -1.42. The average molecular weight is 245 g/mol. The van der Waals surface area contributed by atoms with Crippen LogP contribution in [0.2, 0.25) is 0 Å². The van der Waals surface area contributed by atoms with Gasteiger partial charge >= 0.3 is 5.97 Å². The number of carbonyl (C=O) groups excluding carboxylic acids is 1. The lowest BCUT2D eigenvalue weighted by atomic mass is 9.99. The van der Waals surface area contributed by atoms with E-state index in [4.69, 9.17) is 16.7 Å². The molecule has 16 heavy (non-hydrogen) atoms. The molecule has 0 saturated heterocycles. The number of alkyl halides is 1. The molecule has 3 nitrogen and oxygen atoms in total. The summed E-state index contributed by atoms with van der Waals surface area (Å²) in [6.07, 6.45) is -0.358. The van der Waals surface area contributed by atoms with Crippen molar-refractivity contribution in [1.29, 1.82) is 0 Å². The van der Waals surface area contributed by atoms with Crippen molar-refractivity contribution in [3.8, 4) is 0 Å². The fourth-order valence-corrected chi connectivity index (χ4v) is 1.63. The molecule has 0 bridgehead atoms. The van der Waals surface area contributed by atoms with E-state index in [0.717, 1.165) is 6.07 Å². The van der Waals surface area contributed by atoms with E-state index in [1.807, 2.05) is 0 Å². The van der Waals surface area contributed by atoms with Crippen LogP contribution in [0, 0.1) is 5.82 Å². The highest BCUT2D eigenvalue weighted by molar-refractivity contribution is 6.31. The van der Waals surface area contributed by atoms with E-state index in [0.29, 0.717) is 0 Å². The van der Waals surface area contributed by atoms with E-state index >= 15 is 0 Å². The number of benzene rings is 1. The van der Waals surface area contributed by atoms with Gasteiger partial charge in [-0.1, -0.05) is 12.1 Å². The second kappa shape index (κ2) is 5.07. The first-order chi connectivity index (χ1) is 7.43. The highest BCUT2D eigenvalue weighted by atomic mass is 35.5. The van der Waals surface area contributed by atoms with Gasteiger partial charge in [0.1, 0.15) is 11.2 Å². The standard InChI is InChI=1S/C11H10ClFO3/c1-6(14)11(12)10-7(5-9(15)16)3-2-4-8(10)13/h2-4,11H,5H2,1H3,(H,15,16). The fraction of sp³-hybridized carbons (Fsp3) is 0.273. The lowest BCUT2D eigenvalue weighted by molar-refractivity contribution is -0.136. The molecule has 0 aliphatic rings. The predicted octanol–water partition coefficient (Wildman–Crippen LogP) is 2.32. The van der Waals surface area contributed by atoms with Crippen LogP contribution in [-0.2, 0) is 16.0 Å². The Morgan fingerprint density at radius 2 is 2.12 bits per heavy atom. The number of hydrogen-bond acceptors (Lipinski definition) is 2. The van der Waals surface area contributed by atoms with E-state index in [1.54, 1.807) is 0 Å². The zero-order valence-electron chi connectivity index (χ0n) is 8.54. The van der Waals surface area contributed by atoms with Crippen molar-refractivity contribution in [2.45, 2.75) is 18.7 Å². The molecule has 1 atom stereocenters. The van der Waals surface area contributed by atoms with E-state index in [-0.39, 0.29) is 17.5 Å². The number of Topliss-reactive ketones (excluding diaryl/α,β-unsaturated/α-hetero) is 1. The number of aliphatic carboxylic acids is 1. The molecule has 0 aliphatic heterocycles. The van der Waals surface area contributed by atoms with Crippen LogP contribution in [0.1, 0.15) is 23.4 Å². The molecule has 1 rings (SSSR count). The molecule has 5 heteroatoms. The summed E-state index contributed by atoms with van der Waals surface area (Å²) in [5.74, 6) is -2.17. The molecule has 0 saturated carbocycles. The Labute approximate surface area is 96.8 Å². The molecule has 0 fully saturated rings. The number of ketones is 1. The summed E-state index contributed by atoms with van der Waals surface area (Å²) in [6.45, 7) is 1.23. The van der Waals surface area contributed by atoms with Gasteiger partial charge in [-0.05, 0) is 18.6 Å². The van der Waals surface area contributed by atoms with Crippen LogP contribution in [-0.4, -0.2) is 16.9 Å². The Bertz CT molecular complexity index is 431. The minimum absolute atomic E-state index is 0.0425. The molecule has 0 aliphatic carbocycles. The summed E-state index contributed by atoms with van der Waals surface area (Å²) in [4.78, 5) is 21.7. The van der Waals surface area contributed by atoms with Gasteiger partial charge in [0.05, 0.1) is 6.42 Å². The van der Waals surface area contributed by atoms with Crippen LogP contribution in [0.15, 0.2) is 18.2 Å². The summed E-state index contributed by atoms with van der Waals surface area (Å²) in [5, 5.41) is 7.51. The number of carboxylic acids is 1. The zero-order chi connectivity index (χ0) is 12.3. The van der Waals surface area contributed by atoms with Crippen molar-refractivity contribution >= 4 is 23.4 Å². The van der Waals surface area contributed by atoms with Crippen molar-refractivity contribution in [1.82, 2.24) is 0 Å². The van der Waals surface area contributed by atoms with Crippen molar-refractivity contribution < 1.29 is 19.1 Å². The number of carboxylic acid groups (broad SMARTS) is 1. The third kappa shape index (κ3) is 2.79. The maximum atomic E-state index is 13.5. The molecule has 86 valence electrons. The Morgan fingerprint density at radius 1 is 1.50 bits per heavy atom. The molecule has 0 aromatic heterocycles. The Kier molecular flexibility index (Phi) is 4.01. The van der Waals surface area contributed by atoms with E-state index in [1.165, 1.54) is 19.1 Å². The molecular weight excluding hydrogens is 235 g/mol. The molecule has 0 radical (unpaired) electrons. The summed E-state index contributed by atoms with van der Waals surface area (Å²) < 4.78 is 13.5. The minimum Gasteiger partial charge on any atom is -0.481 e. The van der Waals surface area contributed by atoms with Crippen molar-refractivity contribution in [3.63, 3.8) is 0 Å². The molecule has 0 amide bonds. The van der Waals surface area contributed by atoms with Crippen LogP contribution in [0.25, 0.3) is 0 Å². The lowest BCUT2D eigenvalue weighted by Crippen LogP contribution is -2.11. The Morgan fingerprint density at radius 3 is 2.62 bits per heavy atom. The number of rotatable bonds is 4. The number of halogens is 2. The summed E-state index contributed by atoms with van der Waals surface area (Å²) >= 11 is 5.75. The summed E-state index contributed by atoms with van der Waals surface area (Å²) in [7, 11) is 0. The largest absolute Gasteiger partial charge is 0.481 e. The van der Waals surface area contributed by atoms with Crippen LogP contribution in [0.3, 0.4) is 0 Å². The highest BCUT2D eigenvalue weighted by Crippen LogP contribution is 2.28. The van der Waals surface area contributed by atoms with E-state index in [9.17, 15) is 14.0 Å². The fourth-order valence-electron chi connectivity index (χ4n) is 1.39. The third-order valence-corrected chi connectivity index (χ3v) is 2.62. The highest BCUT2D eigenvalue weighted by Gasteiger charge is 2.22. The van der Waals surface area contributed by atoms with Gasteiger partial charge in [0, 0.05) is 5.56 Å². The predicted molar refractivity (Wildman–Crippen MR) is 57.0 cm³/mol. The van der Waals surface area contributed by atoms with Gasteiger partial charge in [0.25, 0.3) is 0 Å².